The van der Waals surface area contributed by atoms with Crippen LogP contribution >= 0.6 is 0 Å². The number of hydrogen-bond donors (Lipinski definition) is 2. The summed E-state index contributed by atoms with van der Waals surface area (Å²) in [6.07, 6.45) is 0. The molecule has 0 fully saturated rings. The summed E-state index contributed by atoms with van der Waals surface area (Å²) in [5.74, 6) is 0.121. The Labute approximate surface area is 72.9 Å². The fourth-order valence-electron chi connectivity index (χ4n) is 1.17. The molecule has 1 aromatic rings. The van der Waals surface area contributed by atoms with Gasteiger partial charge in [0.1, 0.15) is 5.84 Å². The Hall–Kier alpha value is -1.31. The number of nitrogen functional groups attached to an aromatic ring is 1. The molecule has 63 valence electrons. The highest BCUT2D eigenvalue weighted by Gasteiger charge is 2.04. The van der Waals surface area contributed by atoms with Crippen molar-refractivity contribution in [3.63, 3.8) is 0 Å². The standard InChI is InChI=1S/C10H13N2/c1-6-4-5-9(10(11)12)8(3)7(6)2/h4-5H,1H2,2-3H3,(H3,11,12). The molecule has 0 aliphatic carbocycles. The van der Waals surface area contributed by atoms with Crippen LogP contribution in [0.3, 0.4) is 0 Å². The number of nitrogens with two attached hydrogens (primary N) is 1. The molecule has 0 aliphatic heterocycles. The predicted octanol–water partition coefficient (Wildman–Crippen LogP) is 1.77. The van der Waals surface area contributed by atoms with Gasteiger partial charge in [0.2, 0.25) is 0 Å². The molecule has 0 saturated carbocycles. The highest BCUT2D eigenvalue weighted by molar-refractivity contribution is 5.96. The van der Waals surface area contributed by atoms with Gasteiger partial charge in [-0.2, -0.15) is 0 Å². The SMILES string of the molecule is [CH2]c1ccc(C(=N)N)c(C)c1C. The fraction of sp³-hybridized carbons (Fsp3) is 0.200. The van der Waals surface area contributed by atoms with E-state index in [1.54, 1.807) is 0 Å². The third kappa shape index (κ3) is 1.33. The molecule has 0 amide bonds. The molecule has 2 heteroatoms. The molecule has 0 aromatic heterocycles. The molecule has 12 heavy (non-hydrogen) atoms. The van der Waals surface area contributed by atoms with Crippen LogP contribution in [0, 0.1) is 26.2 Å². The molecule has 1 radical (unpaired) electrons. The van der Waals surface area contributed by atoms with Gasteiger partial charge in [-0.15, -0.1) is 0 Å². The van der Waals surface area contributed by atoms with Crippen molar-refractivity contribution in [2.45, 2.75) is 13.8 Å². The fourth-order valence-corrected chi connectivity index (χ4v) is 1.17. The molecule has 0 saturated heterocycles. The van der Waals surface area contributed by atoms with E-state index in [4.69, 9.17) is 11.1 Å². The molecule has 1 rings (SSSR count). The summed E-state index contributed by atoms with van der Waals surface area (Å²) >= 11 is 0. The van der Waals surface area contributed by atoms with Gasteiger partial charge in [0.15, 0.2) is 0 Å². The third-order valence-corrected chi connectivity index (χ3v) is 2.19. The van der Waals surface area contributed by atoms with Crippen LogP contribution in [0.4, 0.5) is 0 Å². The van der Waals surface area contributed by atoms with Gasteiger partial charge in [-0.25, -0.2) is 0 Å². The quantitative estimate of drug-likeness (QED) is 0.478. The van der Waals surface area contributed by atoms with E-state index in [-0.39, 0.29) is 5.84 Å². The molecule has 0 heterocycles. The van der Waals surface area contributed by atoms with Crippen molar-refractivity contribution in [2.75, 3.05) is 0 Å². The molecule has 0 bridgehead atoms. The summed E-state index contributed by atoms with van der Waals surface area (Å²) in [4.78, 5) is 0. The molecule has 0 atom stereocenters. The number of rotatable bonds is 1. The lowest BCUT2D eigenvalue weighted by molar-refractivity contribution is 1.28. The maximum atomic E-state index is 7.30. The number of hydrogen-bond acceptors (Lipinski definition) is 1. The number of amidine groups is 1. The molecular formula is C10H13N2. The van der Waals surface area contributed by atoms with Crippen molar-refractivity contribution in [1.29, 1.82) is 5.41 Å². The third-order valence-electron chi connectivity index (χ3n) is 2.19. The van der Waals surface area contributed by atoms with Crippen LogP contribution in [0.5, 0.6) is 0 Å². The second kappa shape index (κ2) is 2.97. The first-order valence-electron chi connectivity index (χ1n) is 3.80. The van der Waals surface area contributed by atoms with Crippen LogP contribution in [0.1, 0.15) is 22.3 Å². The monoisotopic (exact) mass is 161 g/mol. The van der Waals surface area contributed by atoms with Crippen LogP contribution in [0.25, 0.3) is 0 Å². The zero-order valence-corrected chi connectivity index (χ0v) is 7.44. The molecule has 0 spiro atoms. The largest absolute Gasteiger partial charge is 0.384 e. The van der Waals surface area contributed by atoms with Gasteiger partial charge in [0.25, 0.3) is 0 Å². The van der Waals surface area contributed by atoms with Crippen molar-refractivity contribution < 1.29 is 0 Å². The van der Waals surface area contributed by atoms with E-state index in [1.165, 1.54) is 0 Å². The molecule has 0 unspecified atom stereocenters. The minimum absolute atomic E-state index is 0.121. The number of nitrogens with one attached hydrogen (secondary N) is 1. The van der Waals surface area contributed by atoms with E-state index < -0.39 is 0 Å². The van der Waals surface area contributed by atoms with E-state index in [2.05, 4.69) is 6.92 Å². The second-order valence-electron chi connectivity index (χ2n) is 2.94. The molecule has 1 aromatic carbocycles. The maximum Gasteiger partial charge on any atom is 0.123 e. The van der Waals surface area contributed by atoms with Gasteiger partial charge < -0.3 is 5.73 Å². The summed E-state index contributed by atoms with van der Waals surface area (Å²) in [5, 5.41) is 7.30. The van der Waals surface area contributed by atoms with Crippen LogP contribution < -0.4 is 5.73 Å². The Bertz CT molecular complexity index is 327. The van der Waals surface area contributed by atoms with E-state index in [0.717, 1.165) is 22.3 Å². The van der Waals surface area contributed by atoms with Gasteiger partial charge in [0, 0.05) is 5.56 Å². The Balaban J connectivity index is 3.36. The summed E-state index contributed by atoms with van der Waals surface area (Å²) < 4.78 is 0. The van der Waals surface area contributed by atoms with Crippen molar-refractivity contribution in [1.82, 2.24) is 0 Å². The minimum Gasteiger partial charge on any atom is -0.384 e. The zero-order valence-electron chi connectivity index (χ0n) is 7.44. The lowest BCUT2D eigenvalue weighted by Crippen LogP contribution is -2.13. The second-order valence-corrected chi connectivity index (χ2v) is 2.94. The molecule has 3 N–H and O–H groups in total. The van der Waals surface area contributed by atoms with Crippen LogP contribution in [-0.4, -0.2) is 5.84 Å². The van der Waals surface area contributed by atoms with E-state index >= 15 is 0 Å². The zero-order chi connectivity index (χ0) is 9.30. The van der Waals surface area contributed by atoms with E-state index in [1.807, 2.05) is 26.0 Å². The molecular weight excluding hydrogens is 148 g/mol. The van der Waals surface area contributed by atoms with Gasteiger partial charge in [-0.05, 0) is 37.5 Å². The summed E-state index contributed by atoms with van der Waals surface area (Å²) in [7, 11) is 0. The first-order valence-corrected chi connectivity index (χ1v) is 3.80. The summed E-state index contributed by atoms with van der Waals surface area (Å²) in [6, 6.07) is 3.73. The Morgan fingerprint density at radius 3 is 2.42 bits per heavy atom. The van der Waals surface area contributed by atoms with Gasteiger partial charge in [-0.1, -0.05) is 12.1 Å². The molecule has 2 nitrogen and oxygen atoms in total. The Morgan fingerprint density at radius 1 is 1.33 bits per heavy atom. The van der Waals surface area contributed by atoms with Crippen LogP contribution in [0.2, 0.25) is 0 Å². The van der Waals surface area contributed by atoms with Gasteiger partial charge >= 0.3 is 0 Å². The minimum atomic E-state index is 0.121. The van der Waals surface area contributed by atoms with Crippen molar-refractivity contribution in [2.24, 2.45) is 5.73 Å². The number of benzene rings is 1. The maximum absolute atomic E-state index is 7.30. The average Bonchev–Trinajstić information content (AvgIpc) is 2.00. The lowest BCUT2D eigenvalue weighted by atomic mass is 9.98. The van der Waals surface area contributed by atoms with Crippen molar-refractivity contribution >= 4 is 5.84 Å². The van der Waals surface area contributed by atoms with Gasteiger partial charge in [-0.3, -0.25) is 5.41 Å². The normalized spacial score (nSPS) is 9.92. The molecule has 0 aliphatic rings. The first-order chi connectivity index (χ1) is 5.54. The van der Waals surface area contributed by atoms with E-state index in [0.29, 0.717) is 0 Å². The summed E-state index contributed by atoms with van der Waals surface area (Å²) in [5.41, 5.74) is 9.36. The predicted molar refractivity (Wildman–Crippen MR) is 51.4 cm³/mol. The highest BCUT2D eigenvalue weighted by atomic mass is 14.7. The van der Waals surface area contributed by atoms with Crippen molar-refractivity contribution in [3.8, 4) is 0 Å². The Kier molecular flexibility index (Phi) is 2.18. The van der Waals surface area contributed by atoms with Crippen molar-refractivity contribution in [3.05, 3.63) is 41.3 Å². The lowest BCUT2D eigenvalue weighted by Gasteiger charge is -2.08. The smallest absolute Gasteiger partial charge is 0.123 e. The summed E-state index contributed by atoms with van der Waals surface area (Å²) in [6.45, 7) is 7.82. The first kappa shape index (κ1) is 8.78. The van der Waals surface area contributed by atoms with E-state index in [9.17, 15) is 0 Å². The highest BCUT2D eigenvalue weighted by Crippen LogP contribution is 2.16. The average molecular weight is 161 g/mol. The van der Waals surface area contributed by atoms with Gasteiger partial charge in [0.05, 0.1) is 0 Å². The van der Waals surface area contributed by atoms with Crippen LogP contribution in [-0.2, 0) is 0 Å². The Morgan fingerprint density at radius 2 is 1.92 bits per heavy atom. The topological polar surface area (TPSA) is 49.9 Å². The van der Waals surface area contributed by atoms with Crippen LogP contribution in [0.15, 0.2) is 12.1 Å².